The quantitative estimate of drug-likeness (QED) is 0.0320. The number of hydrogen-bond donors (Lipinski definition) is 3. The van der Waals surface area contributed by atoms with Gasteiger partial charge in [-0.2, -0.15) is 0 Å². The van der Waals surface area contributed by atoms with E-state index in [1.165, 1.54) is 289 Å². The van der Waals surface area contributed by atoms with Crippen LogP contribution in [-0.2, 0) is 14.3 Å². The number of esters is 1. The minimum absolute atomic E-state index is 0.00577. The van der Waals surface area contributed by atoms with E-state index in [2.05, 4.69) is 55.6 Å². The van der Waals surface area contributed by atoms with Gasteiger partial charge in [-0.1, -0.05) is 313 Å². The third-order valence-electron chi connectivity index (χ3n) is 15.8. The summed E-state index contributed by atoms with van der Waals surface area (Å²) in [4.78, 5) is 24.6. The average molecular weight is 1080 g/mol. The monoisotopic (exact) mass is 1080 g/mol. The molecule has 6 heteroatoms. The van der Waals surface area contributed by atoms with Crippen LogP contribution in [0.5, 0.6) is 0 Å². The summed E-state index contributed by atoms with van der Waals surface area (Å²) in [5, 5.41) is 23.2. The van der Waals surface area contributed by atoms with Crippen molar-refractivity contribution in [2.45, 2.75) is 379 Å². The highest BCUT2D eigenvalue weighted by atomic mass is 16.5. The normalized spacial score (nSPS) is 12.8. The van der Waals surface area contributed by atoms with E-state index in [1.54, 1.807) is 6.08 Å². The summed E-state index contributed by atoms with van der Waals surface area (Å²) in [6.07, 6.45) is 86.0. The number of carbonyl (C=O) groups excluding carboxylic acids is 2. The first-order valence-electron chi connectivity index (χ1n) is 34.4. The van der Waals surface area contributed by atoms with Gasteiger partial charge in [0.25, 0.3) is 0 Å². The number of unbranched alkanes of at least 4 members (excludes halogenated alkanes) is 47. The Morgan fingerprint density at radius 2 is 0.649 bits per heavy atom. The Labute approximate surface area is 480 Å². The molecular formula is C71H133NO5. The number of carbonyl (C=O) groups is 2. The van der Waals surface area contributed by atoms with Crippen LogP contribution in [0.15, 0.2) is 48.6 Å². The van der Waals surface area contributed by atoms with Gasteiger partial charge in [-0.3, -0.25) is 9.59 Å². The summed E-state index contributed by atoms with van der Waals surface area (Å²) in [6.45, 7) is 4.90. The van der Waals surface area contributed by atoms with Crippen LogP contribution in [0.4, 0.5) is 0 Å². The molecule has 0 aliphatic carbocycles. The average Bonchev–Trinajstić information content (AvgIpc) is 3.43. The zero-order chi connectivity index (χ0) is 55.7. The lowest BCUT2D eigenvalue weighted by molar-refractivity contribution is -0.143. The maximum absolute atomic E-state index is 12.5. The molecule has 0 aliphatic rings. The Bertz CT molecular complexity index is 1290. The van der Waals surface area contributed by atoms with Crippen LogP contribution in [0.2, 0.25) is 0 Å². The summed E-state index contributed by atoms with van der Waals surface area (Å²) < 4.78 is 5.50. The number of ether oxygens (including phenoxy) is 1. The fourth-order valence-corrected chi connectivity index (χ4v) is 10.5. The fourth-order valence-electron chi connectivity index (χ4n) is 10.5. The summed E-state index contributed by atoms with van der Waals surface area (Å²) in [5.74, 6) is -0.0634. The van der Waals surface area contributed by atoms with Gasteiger partial charge in [-0.25, -0.2) is 0 Å². The lowest BCUT2D eigenvalue weighted by atomic mass is 10.0. The largest absolute Gasteiger partial charge is 0.466 e. The molecule has 0 saturated heterocycles. The second-order valence-corrected chi connectivity index (χ2v) is 23.5. The second kappa shape index (κ2) is 66.3. The molecule has 0 aromatic carbocycles. The van der Waals surface area contributed by atoms with Crippen LogP contribution >= 0.6 is 0 Å². The lowest BCUT2D eigenvalue weighted by Crippen LogP contribution is -2.45. The van der Waals surface area contributed by atoms with Crippen molar-refractivity contribution in [3.8, 4) is 0 Å². The highest BCUT2D eigenvalue weighted by Gasteiger charge is 2.18. The van der Waals surface area contributed by atoms with Gasteiger partial charge in [0.2, 0.25) is 5.91 Å². The van der Waals surface area contributed by atoms with E-state index in [4.69, 9.17) is 4.74 Å². The Hall–Kier alpha value is -2.18. The van der Waals surface area contributed by atoms with Crippen LogP contribution in [0.3, 0.4) is 0 Å². The molecule has 2 atom stereocenters. The molecule has 0 saturated carbocycles. The molecule has 6 nitrogen and oxygen atoms in total. The van der Waals surface area contributed by atoms with E-state index in [0.29, 0.717) is 19.4 Å². The number of amides is 1. The molecule has 0 aliphatic heterocycles. The molecule has 0 bridgehead atoms. The predicted octanol–water partition coefficient (Wildman–Crippen LogP) is 22.1. The minimum atomic E-state index is -0.847. The molecule has 0 rings (SSSR count). The van der Waals surface area contributed by atoms with Crippen molar-refractivity contribution in [2.75, 3.05) is 13.2 Å². The Morgan fingerprint density at radius 3 is 1.01 bits per heavy atom. The highest BCUT2D eigenvalue weighted by molar-refractivity contribution is 5.76. The van der Waals surface area contributed by atoms with Gasteiger partial charge in [-0.15, -0.1) is 0 Å². The van der Waals surface area contributed by atoms with Crippen molar-refractivity contribution < 1.29 is 24.5 Å². The first-order valence-corrected chi connectivity index (χ1v) is 34.4. The van der Waals surface area contributed by atoms with E-state index in [9.17, 15) is 19.8 Å². The van der Waals surface area contributed by atoms with Gasteiger partial charge >= 0.3 is 5.97 Å². The predicted molar refractivity (Wildman–Crippen MR) is 338 cm³/mol. The molecule has 77 heavy (non-hydrogen) atoms. The number of aliphatic hydroxyl groups is 2. The third-order valence-corrected chi connectivity index (χ3v) is 15.8. The first-order chi connectivity index (χ1) is 38.0. The molecule has 3 N–H and O–H groups in total. The van der Waals surface area contributed by atoms with E-state index in [0.717, 1.165) is 51.4 Å². The van der Waals surface area contributed by atoms with Crippen molar-refractivity contribution in [1.82, 2.24) is 5.32 Å². The minimum Gasteiger partial charge on any atom is -0.466 e. The fraction of sp³-hybridized carbons (Fsp3) is 0.859. The van der Waals surface area contributed by atoms with Crippen LogP contribution in [0.1, 0.15) is 367 Å². The van der Waals surface area contributed by atoms with E-state index < -0.39 is 12.1 Å². The van der Waals surface area contributed by atoms with Gasteiger partial charge in [0.15, 0.2) is 0 Å². The molecule has 0 spiro atoms. The van der Waals surface area contributed by atoms with Crippen LogP contribution in [-0.4, -0.2) is 47.4 Å². The molecule has 0 aromatic heterocycles. The number of aliphatic hydroxyl groups excluding tert-OH is 2. The van der Waals surface area contributed by atoms with Gasteiger partial charge in [-0.05, 0) is 89.9 Å². The van der Waals surface area contributed by atoms with Crippen molar-refractivity contribution >= 4 is 11.9 Å². The Morgan fingerprint density at radius 1 is 0.364 bits per heavy atom. The topological polar surface area (TPSA) is 95.9 Å². The molecule has 0 radical (unpaired) electrons. The smallest absolute Gasteiger partial charge is 0.305 e. The van der Waals surface area contributed by atoms with Crippen molar-refractivity contribution in [2.24, 2.45) is 0 Å². The van der Waals surface area contributed by atoms with E-state index >= 15 is 0 Å². The Kier molecular flexibility index (Phi) is 64.5. The lowest BCUT2D eigenvalue weighted by Gasteiger charge is -2.20. The van der Waals surface area contributed by atoms with Gasteiger partial charge in [0, 0.05) is 12.8 Å². The van der Waals surface area contributed by atoms with Crippen molar-refractivity contribution in [3.05, 3.63) is 48.6 Å². The molecule has 0 fully saturated rings. The first kappa shape index (κ1) is 74.8. The van der Waals surface area contributed by atoms with E-state index in [1.807, 2.05) is 6.08 Å². The summed E-state index contributed by atoms with van der Waals surface area (Å²) >= 11 is 0. The molecule has 2 unspecified atom stereocenters. The number of rotatable bonds is 64. The molecule has 452 valence electrons. The summed E-state index contributed by atoms with van der Waals surface area (Å²) in [6, 6.07) is -0.631. The van der Waals surface area contributed by atoms with Crippen LogP contribution in [0.25, 0.3) is 0 Å². The second-order valence-electron chi connectivity index (χ2n) is 23.5. The standard InChI is InChI=1S/C71H133NO5/c1-3-5-7-9-11-13-15-17-19-21-33-37-41-45-49-53-57-61-65-71(76)77-66-62-58-54-50-46-42-38-34-30-28-26-24-22-23-25-27-29-32-36-40-44-48-52-56-60-64-70(75)72-68(67-73)69(74)63-59-55-51-47-43-39-35-31-20-18-16-14-12-10-8-6-4-2/h13,15,19,21,23,25,59,63,68-69,73-74H,3-12,14,16-18,20,22,24,26-58,60-62,64-67H2,1-2H3,(H,72,75)/b15-13-,21-19-,25-23-,63-59+. The highest BCUT2D eigenvalue weighted by Crippen LogP contribution is 2.18. The summed E-state index contributed by atoms with van der Waals surface area (Å²) in [7, 11) is 0. The molecule has 0 heterocycles. The van der Waals surface area contributed by atoms with Crippen LogP contribution in [0, 0.1) is 0 Å². The summed E-state index contributed by atoms with van der Waals surface area (Å²) in [5.41, 5.74) is 0. The molecule has 1 amide bonds. The van der Waals surface area contributed by atoms with Crippen molar-refractivity contribution in [1.29, 1.82) is 0 Å². The van der Waals surface area contributed by atoms with Crippen molar-refractivity contribution in [3.63, 3.8) is 0 Å². The maximum atomic E-state index is 12.5. The van der Waals surface area contributed by atoms with E-state index in [-0.39, 0.29) is 18.5 Å². The maximum Gasteiger partial charge on any atom is 0.305 e. The number of nitrogens with one attached hydrogen (secondary N) is 1. The van der Waals surface area contributed by atoms with Gasteiger partial charge in [0.1, 0.15) is 0 Å². The molecule has 0 aromatic rings. The Balaban J connectivity index is 3.42. The number of hydrogen-bond acceptors (Lipinski definition) is 5. The number of allylic oxidation sites excluding steroid dienone is 7. The van der Waals surface area contributed by atoms with Gasteiger partial charge < -0.3 is 20.3 Å². The zero-order valence-electron chi connectivity index (χ0n) is 51.7. The SMILES string of the molecule is CCCCCC/C=C\C/C=C\CCCCCCCCCC(=O)OCCCCCCCCCCCCCC/C=C\CCCCCCCCCCCC(=O)NC(CO)C(O)/C=C/CCCCCCCCCCCCCCCCC. The van der Waals surface area contributed by atoms with Gasteiger partial charge in [0.05, 0.1) is 25.4 Å². The molecular weight excluding hydrogens is 947 g/mol. The third kappa shape index (κ3) is 62.9. The zero-order valence-corrected chi connectivity index (χ0v) is 51.7. The van der Waals surface area contributed by atoms with Crippen LogP contribution < -0.4 is 5.32 Å².